The van der Waals surface area contributed by atoms with E-state index in [1.807, 2.05) is 45.0 Å². The molecule has 11 heteroatoms. The van der Waals surface area contributed by atoms with E-state index in [-0.39, 0.29) is 29.1 Å². The monoisotopic (exact) mass is 633 g/mol. The van der Waals surface area contributed by atoms with Crippen LogP contribution in [0, 0.1) is 5.82 Å². The molecule has 0 spiro atoms. The summed E-state index contributed by atoms with van der Waals surface area (Å²) in [6.07, 6.45) is 0. The number of nitrogens with one attached hydrogen (secondary N) is 1. The maximum absolute atomic E-state index is 13.9. The fourth-order valence-electron chi connectivity index (χ4n) is 3.91. The molecule has 3 aromatic rings. The third-order valence-corrected chi connectivity index (χ3v) is 8.30. The normalized spacial score (nSPS) is 12.1. The molecule has 0 heterocycles. The summed E-state index contributed by atoms with van der Waals surface area (Å²) in [6.45, 7) is 6.90. The molecule has 0 aliphatic carbocycles. The molecule has 0 aliphatic rings. The maximum Gasteiger partial charge on any atom is 0.264 e. The minimum Gasteiger partial charge on any atom is -0.494 e. The molecule has 0 saturated carbocycles. The fraction of sp³-hybridized carbons (Fsp3) is 0.310. The van der Waals surface area contributed by atoms with Crippen LogP contribution in [-0.4, -0.2) is 50.4 Å². The number of ether oxygens (including phenoxy) is 1. The van der Waals surface area contributed by atoms with Crippen molar-refractivity contribution < 1.29 is 27.1 Å². The number of carbonyl (C=O) groups excluding carboxylic acids is 2. The number of benzene rings is 3. The largest absolute Gasteiger partial charge is 0.494 e. The van der Waals surface area contributed by atoms with E-state index in [4.69, 9.17) is 4.74 Å². The number of sulfonamides is 1. The molecule has 3 aromatic carbocycles. The highest BCUT2D eigenvalue weighted by Crippen LogP contribution is 2.26. The smallest absolute Gasteiger partial charge is 0.264 e. The standard InChI is InChI=1S/C29H33BrFN3O5S/c1-5-39-26-14-16-27(17-15-26)40(37,38)34(25-12-10-24(31)11-13-25)19-28(35)33(21(4)29(36)32-20(2)3)18-22-6-8-23(30)9-7-22/h6-17,20-21H,5,18-19H2,1-4H3,(H,32,36)/t21-/m0/s1. The van der Waals surface area contributed by atoms with Crippen LogP contribution in [0.1, 0.15) is 33.3 Å². The molecule has 0 fully saturated rings. The molecule has 1 atom stereocenters. The predicted molar refractivity (Wildman–Crippen MR) is 156 cm³/mol. The van der Waals surface area contributed by atoms with Gasteiger partial charge in [0.15, 0.2) is 0 Å². The van der Waals surface area contributed by atoms with Crippen LogP contribution in [0.5, 0.6) is 5.75 Å². The number of rotatable bonds is 12. The highest BCUT2D eigenvalue weighted by molar-refractivity contribution is 9.10. The Hall–Kier alpha value is -3.44. The van der Waals surface area contributed by atoms with Gasteiger partial charge < -0.3 is 15.0 Å². The zero-order valence-corrected chi connectivity index (χ0v) is 25.2. The maximum atomic E-state index is 13.9. The topological polar surface area (TPSA) is 96.0 Å². The number of anilines is 1. The molecular formula is C29H33BrFN3O5S. The van der Waals surface area contributed by atoms with E-state index >= 15 is 0 Å². The molecule has 8 nitrogen and oxygen atoms in total. The molecule has 214 valence electrons. The Morgan fingerprint density at radius 1 is 0.950 bits per heavy atom. The lowest BCUT2D eigenvalue weighted by Crippen LogP contribution is -2.52. The first-order valence-corrected chi connectivity index (χ1v) is 15.0. The summed E-state index contributed by atoms with van der Waals surface area (Å²) in [6, 6.07) is 16.9. The van der Waals surface area contributed by atoms with Gasteiger partial charge in [0.2, 0.25) is 11.8 Å². The van der Waals surface area contributed by atoms with Crippen LogP contribution < -0.4 is 14.4 Å². The Morgan fingerprint density at radius 2 is 1.55 bits per heavy atom. The van der Waals surface area contributed by atoms with Gasteiger partial charge in [-0.2, -0.15) is 0 Å². The van der Waals surface area contributed by atoms with Gasteiger partial charge in [-0.15, -0.1) is 0 Å². The molecular weight excluding hydrogens is 601 g/mol. The predicted octanol–water partition coefficient (Wildman–Crippen LogP) is 5.12. The van der Waals surface area contributed by atoms with Crippen LogP contribution in [0.25, 0.3) is 0 Å². The highest BCUT2D eigenvalue weighted by atomic mass is 79.9. The average molecular weight is 635 g/mol. The highest BCUT2D eigenvalue weighted by Gasteiger charge is 2.32. The molecule has 0 aromatic heterocycles. The van der Waals surface area contributed by atoms with Crippen molar-refractivity contribution in [2.45, 2.75) is 51.2 Å². The number of halogens is 2. The molecule has 0 bridgehead atoms. The zero-order chi connectivity index (χ0) is 29.4. The van der Waals surface area contributed by atoms with Gasteiger partial charge >= 0.3 is 0 Å². The first-order valence-electron chi connectivity index (χ1n) is 12.8. The van der Waals surface area contributed by atoms with Crippen LogP contribution in [0.3, 0.4) is 0 Å². The molecule has 0 unspecified atom stereocenters. The summed E-state index contributed by atoms with van der Waals surface area (Å²) in [4.78, 5) is 28.1. The summed E-state index contributed by atoms with van der Waals surface area (Å²) < 4.78 is 48.6. The summed E-state index contributed by atoms with van der Waals surface area (Å²) in [5.41, 5.74) is 0.856. The van der Waals surface area contributed by atoms with Gasteiger partial charge in [-0.05, 0) is 93.9 Å². The van der Waals surface area contributed by atoms with Crippen molar-refractivity contribution in [3.63, 3.8) is 0 Å². The van der Waals surface area contributed by atoms with Crippen LogP contribution >= 0.6 is 15.9 Å². The van der Waals surface area contributed by atoms with E-state index in [0.29, 0.717) is 12.4 Å². The molecule has 2 amide bonds. The first-order chi connectivity index (χ1) is 18.9. The van der Waals surface area contributed by atoms with Gasteiger partial charge in [-0.25, -0.2) is 12.8 Å². The fourth-order valence-corrected chi connectivity index (χ4v) is 5.59. The summed E-state index contributed by atoms with van der Waals surface area (Å²) in [5, 5.41) is 2.81. The van der Waals surface area contributed by atoms with E-state index < -0.39 is 34.3 Å². The number of nitrogens with zero attached hydrogens (tertiary/aromatic N) is 2. The van der Waals surface area contributed by atoms with Crippen LogP contribution in [0.15, 0.2) is 82.2 Å². The first kappa shape index (κ1) is 31.1. The lowest BCUT2D eigenvalue weighted by molar-refractivity contribution is -0.139. The number of amides is 2. The van der Waals surface area contributed by atoms with E-state index in [2.05, 4.69) is 21.2 Å². The second-order valence-corrected chi connectivity index (χ2v) is 12.2. The second kappa shape index (κ2) is 13.8. The van der Waals surface area contributed by atoms with Gasteiger partial charge in [0.1, 0.15) is 24.2 Å². The third kappa shape index (κ3) is 8.04. The van der Waals surface area contributed by atoms with Crippen molar-refractivity contribution in [3.8, 4) is 5.75 Å². The molecule has 0 saturated heterocycles. The molecule has 0 radical (unpaired) electrons. The summed E-state index contributed by atoms with van der Waals surface area (Å²) >= 11 is 3.39. The number of hydrogen-bond donors (Lipinski definition) is 1. The lowest BCUT2D eigenvalue weighted by atomic mass is 10.1. The Kier molecular flexibility index (Phi) is 10.7. The van der Waals surface area contributed by atoms with Crippen molar-refractivity contribution in [2.24, 2.45) is 0 Å². The summed E-state index contributed by atoms with van der Waals surface area (Å²) in [5.74, 6) is -1.03. The zero-order valence-electron chi connectivity index (χ0n) is 22.8. The van der Waals surface area contributed by atoms with Crippen molar-refractivity contribution in [3.05, 3.63) is 88.6 Å². The van der Waals surface area contributed by atoms with E-state index in [9.17, 15) is 22.4 Å². The van der Waals surface area contributed by atoms with E-state index in [1.54, 1.807) is 6.92 Å². The Labute approximate surface area is 243 Å². The van der Waals surface area contributed by atoms with E-state index in [1.165, 1.54) is 41.3 Å². The van der Waals surface area contributed by atoms with Crippen LogP contribution in [-0.2, 0) is 26.2 Å². The van der Waals surface area contributed by atoms with Crippen molar-refractivity contribution >= 4 is 43.5 Å². The van der Waals surface area contributed by atoms with Crippen molar-refractivity contribution in [2.75, 3.05) is 17.5 Å². The van der Waals surface area contributed by atoms with Crippen molar-refractivity contribution in [1.82, 2.24) is 10.2 Å². The van der Waals surface area contributed by atoms with E-state index in [0.717, 1.165) is 26.5 Å². The minimum absolute atomic E-state index is 0.0686. The number of carbonyl (C=O) groups is 2. The quantitative estimate of drug-likeness (QED) is 0.299. The molecule has 1 N–H and O–H groups in total. The Morgan fingerprint density at radius 3 is 2.10 bits per heavy atom. The molecule has 40 heavy (non-hydrogen) atoms. The van der Waals surface area contributed by atoms with Crippen molar-refractivity contribution in [1.29, 1.82) is 0 Å². The third-order valence-electron chi connectivity index (χ3n) is 5.98. The van der Waals surface area contributed by atoms with Gasteiger partial charge in [0, 0.05) is 17.1 Å². The second-order valence-electron chi connectivity index (χ2n) is 9.38. The van der Waals surface area contributed by atoms with Gasteiger partial charge in [0.25, 0.3) is 10.0 Å². The lowest BCUT2D eigenvalue weighted by Gasteiger charge is -2.32. The van der Waals surface area contributed by atoms with Gasteiger partial charge in [0.05, 0.1) is 17.2 Å². The van der Waals surface area contributed by atoms with Crippen LogP contribution in [0.4, 0.5) is 10.1 Å². The molecule has 3 rings (SSSR count). The van der Waals surface area contributed by atoms with Gasteiger partial charge in [-0.1, -0.05) is 28.1 Å². The number of hydrogen-bond acceptors (Lipinski definition) is 5. The molecule has 0 aliphatic heterocycles. The van der Waals surface area contributed by atoms with Crippen LogP contribution in [0.2, 0.25) is 0 Å². The summed E-state index contributed by atoms with van der Waals surface area (Å²) in [7, 11) is -4.27. The average Bonchev–Trinajstić information content (AvgIpc) is 2.91. The Bertz CT molecular complexity index is 1400. The SMILES string of the molecule is CCOc1ccc(S(=O)(=O)N(CC(=O)N(Cc2ccc(Br)cc2)[C@@H](C)C(=O)NC(C)C)c2ccc(F)cc2)cc1. The Balaban J connectivity index is 2.01. The van der Waals surface area contributed by atoms with Gasteiger partial charge in [-0.3, -0.25) is 13.9 Å². The minimum atomic E-state index is -4.27.